The van der Waals surface area contributed by atoms with Crippen molar-refractivity contribution in [2.24, 2.45) is 11.3 Å². The Hall–Kier alpha value is -0.0800. The smallest absolute Gasteiger partial charge is 0.0309 e. The maximum Gasteiger partial charge on any atom is 0.0309 e. The van der Waals surface area contributed by atoms with Crippen molar-refractivity contribution in [1.29, 1.82) is 0 Å². The summed E-state index contributed by atoms with van der Waals surface area (Å²) in [5.41, 5.74) is 0.880. The lowest BCUT2D eigenvalue weighted by Crippen LogP contribution is -2.63. The Kier molecular flexibility index (Phi) is 4.08. The number of nitrogens with one attached hydrogen (secondary N) is 1. The van der Waals surface area contributed by atoms with Crippen LogP contribution in [0.5, 0.6) is 0 Å². The fourth-order valence-electron chi connectivity index (χ4n) is 3.25. The first-order chi connectivity index (χ1) is 8.30. The standard InChI is InChI=1S/C16H32N2/c1-13-11-17-16(5,14-7-8-14)12-18(13)10-6-9-15(2,3)4/h13-14,17H,6-12H2,1-5H3. The van der Waals surface area contributed by atoms with Crippen LogP contribution in [-0.4, -0.2) is 36.1 Å². The molecule has 2 nitrogen and oxygen atoms in total. The molecule has 0 aromatic heterocycles. The molecule has 0 bridgehead atoms. The van der Waals surface area contributed by atoms with Crippen molar-refractivity contribution >= 4 is 0 Å². The van der Waals surface area contributed by atoms with Crippen molar-refractivity contribution in [2.45, 2.75) is 71.9 Å². The van der Waals surface area contributed by atoms with Crippen LogP contribution in [0.15, 0.2) is 0 Å². The molecule has 0 aromatic rings. The molecule has 1 N–H and O–H groups in total. The monoisotopic (exact) mass is 252 g/mol. The molecule has 0 aromatic carbocycles. The molecule has 1 heterocycles. The summed E-state index contributed by atoms with van der Waals surface area (Å²) < 4.78 is 0. The van der Waals surface area contributed by atoms with E-state index in [1.807, 2.05) is 0 Å². The number of hydrogen-bond donors (Lipinski definition) is 1. The molecule has 2 atom stereocenters. The Morgan fingerprint density at radius 3 is 2.50 bits per heavy atom. The molecular formula is C16H32N2. The third-order valence-corrected chi connectivity index (χ3v) is 4.81. The molecule has 1 saturated heterocycles. The molecule has 1 aliphatic heterocycles. The summed E-state index contributed by atoms with van der Waals surface area (Å²) in [5, 5.41) is 3.80. The first kappa shape index (κ1) is 14.3. The van der Waals surface area contributed by atoms with Gasteiger partial charge in [-0.15, -0.1) is 0 Å². The highest BCUT2D eigenvalue weighted by Crippen LogP contribution is 2.41. The van der Waals surface area contributed by atoms with Crippen LogP contribution in [0.25, 0.3) is 0 Å². The Labute approximate surface area is 114 Å². The zero-order chi connectivity index (χ0) is 13.4. The molecule has 106 valence electrons. The van der Waals surface area contributed by atoms with Gasteiger partial charge in [0.2, 0.25) is 0 Å². The molecule has 2 heteroatoms. The molecule has 2 aliphatic rings. The zero-order valence-corrected chi connectivity index (χ0v) is 13.1. The quantitative estimate of drug-likeness (QED) is 0.826. The Morgan fingerprint density at radius 2 is 1.94 bits per heavy atom. The maximum absolute atomic E-state index is 3.80. The van der Waals surface area contributed by atoms with Crippen molar-refractivity contribution in [2.75, 3.05) is 19.6 Å². The minimum atomic E-state index is 0.397. The van der Waals surface area contributed by atoms with Crippen LogP contribution >= 0.6 is 0 Å². The van der Waals surface area contributed by atoms with Gasteiger partial charge in [-0.3, -0.25) is 4.90 Å². The Morgan fingerprint density at radius 1 is 1.28 bits per heavy atom. The molecule has 2 unspecified atom stereocenters. The highest BCUT2D eigenvalue weighted by Gasteiger charge is 2.45. The molecule has 0 spiro atoms. The van der Waals surface area contributed by atoms with Crippen LogP contribution < -0.4 is 5.32 Å². The number of piperazine rings is 1. The van der Waals surface area contributed by atoms with E-state index in [0.29, 0.717) is 17.0 Å². The van der Waals surface area contributed by atoms with E-state index >= 15 is 0 Å². The van der Waals surface area contributed by atoms with Gasteiger partial charge in [-0.1, -0.05) is 20.8 Å². The highest BCUT2D eigenvalue weighted by atomic mass is 15.2. The minimum Gasteiger partial charge on any atom is -0.308 e. The van der Waals surface area contributed by atoms with E-state index in [9.17, 15) is 0 Å². The van der Waals surface area contributed by atoms with Gasteiger partial charge < -0.3 is 5.32 Å². The largest absolute Gasteiger partial charge is 0.308 e. The van der Waals surface area contributed by atoms with Crippen molar-refractivity contribution in [3.05, 3.63) is 0 Å². The molecule has 2 rings (SSSR count). The molecular weight excluding hydrogens is 220 g/mol. The minimum absolute atomic E-state index is 0.397. The average molecular weight is 252 g/mol. The van der Waals surface area contributed by atoms with Gasteiger partial charge in [0.25, 0.3) is 0 Å². The molecule has 2 fully saturated rings. The van der Waals surface area contributed by atoms with Crippen LogP contribution in [0, 0.1) is 11.3 Å². The van der Waals surface area contributed by atoms with Crippen molar-refractivity contribution in [1.82, 2.24) is 10.2 Å². The van der Waals surface area contributed by atoms with E-state index in [2.05, 4.69) is 44.8 Å². The van der Waals surface area contributed by atoms with E-state index < -0.39 is 0 Å². The predicted octanol–water partition coefficient (Wildman–Crippen LogP) is 3.28. The van der Waals surface area contributed by atoms with Crippen LogP contribution in [0.3, 0.4) is 0 Å². The molecule has 0 radical (unpaired) electrons. The van der Waals surface area contributed by atoms with Gasteiger partial charge in [0, 0.05) is 24.7 Å². The number of rotatable bonds is 4. The molecule has 1 saturated carbocycles. The van der Waals surface area contributed by atoms with Crippen LogP contribution in [0.1, 0.15) is 60.3 Å². The first-order valence-electron chi connectivity index (χ1n) is 7.79. The summed E-state index contributed by atoms with van der Waals surface area (Å²) in [7, 11) is 0. The molecule has 18 heavy (non-hydrogen) atoms. The third-order valence-electron chi connectivity index (χ3n) is 4.81. The Balaban J connectivity index is 1.82. The van der Waals surface area contributed by atoms with E-state index in [1.165, 1.54) is 45.3 Å². The number of nitrogens with zero attached hydrogens (tertiary/aromatic N) is 1. The summed E-state index contributed by atoms with van der Waals surface area (Å²) in [5.74, 6) is 0.940. The van der Waals surface area contributed by atoms with Crippen molar-refractivity contribution in [3.8, 4) is 0 Å². The maximum atomic E-state index is 3.80. The summed E-state index contributed by atoms with van der Waals surface area (Å²) in [6, 6.07) is 0.705. The van der Waals surface area contributed by atoms with Crippen LogP contribution in [0.4, 0.5) is 0 Å². The normalized spacial score (nSPS) is 34.8. The lowest BCUT2D eigenvalue weighted by molar-refractivity contribution is 0.0793. The summed E-state index contributed by atoms with van der Waals surface area (Å²) >= 11 is 0. The van der Waals surface area contributed by atoms with Crippen molar-refractivity contribution < 1.29 is 0 Å². The molecule has 0 amide bonds. The van der Waals surface area contributed by atoms with Crippen LogP contribution in [0.2, 0.25) is 0 Å². The fraction of sp³-hybridized carbons (Fsp3) is 1.00. The van der Waals surface area contributed by atoms with Crippen molar-refractivity contribution in [3.63, 3.8) is 0 Å². The van der Waals surface area contributed by atoms with Gasteiger partial charge in [0.15, 0.2) is 0 Å². The summed E-state index contributed by atoms with van der Waals surface area (Å²) in [6.07, 6.45) is 5.56. The van der Waals surface area contributed by atoms with E-state index in [0.717, 1.165) is 5.92 Å². The first-order valence-corrected chi connectivity index (χ1v) is 7.79. The van der Waals surface area contributed by atoms with E-state index in [1.54, 1.807) is 0 Å². The van der Waals surface area contributed by atoms with Gasteiger partial charge in [0.1, 0.15) is 0 Å². The predicted molar refractivity (Wildman–Crippen MR) is 78.9 cm³/mol. The lowest BCUT2D eigenvalue weighted by atomic mass is 9.89. The van der Waals surface area contributed by atoms with Gasteiger partial charge >= 0.3 is 0 Å². The second-order valence-corrected chi connectivity index (χ2v) is 8.06. The average Bonchev–Trinajstić information content (AvgIpc) is 3.05. The Bertz CT molecular complexity index is 277. The third kappa shape index (κ3) is 3.71. The second-order valence-electron chi connectivity index (χ2n) is 8.06. The van der Waals surface area contributed by atoms with E-state index in [-0.39, 0.29) is 0 Å². The van der Waals surface area contributed by atoms with E-state index in [4.69, 9.17) is 0 Å². The summed E-state index contributed by atoms with van der Waals surface area (Å²) in [4.78, 5) is 2.72. The highest BCUT2D eigenvalue weighted by molar-refractivity contribution is 5.03. The van der Waals surface area contributed by atoms with Gasteiger partial charge in [-0.25, -0.2) is 0 Å². The van der Waals surface area contributed by atoms with Gasteiger partial charge in [0.05, 0.1) is 0 Å². The van der Waals surface area contributed by atoms with Gasteiger partial charge in [-0.05, 0) is 57.4 Å². The topological polar surface area (TPSA) is 15.3 Å². The SMILES string of the molecule is CC1CNC(C)(C2CC2)CN1CCCC(C)(C)C. The lowest BCUT2D eigenvalue weighted by Gasteiger charge is -2.46. The molecule has 1 aliphatic carbocycles. The number of hydrogen-bond acceptors (Lipinski definition) is 2. The zero-order valence-electron chi connectivity index (χ0n) is 13.1. The summed E-state index contributed by atoms with van der Waals surface area (Å²) in [6.45, 7) is 15.6. The van der Waals surface area contributed by atoms with Crippen LogP contribution in [-0.2, 0) is 0 Å². The van der Waals surface area contributed by atoms with Gasteiger partial charge in [-0.2, -0.15) is 0 Å². The second kappa shape index (κ2) is 5.13. The fourth-order valence-corrected chi connectivity index (χ4v) is 3.25.